The van der Waals surface area contributed by atoms with Crippen LogP contribution < -0.4 is 5.32 Å². The van der Waals surface area contributed by atoms with Gasteiger partial charge in [0.15, 0.2) is 0 Å². The highest BCUT2D eigenvalue weighted by atomic mass is 16.5. The number of ether oxygens (including phenoxy) is 1. The van der Waals surface area contributed by atoms with Gasteiger partial charge in [0, 0.05) is 18.5 Å². The lowest BCUT2D eigenvalue weighted by molar-refractivity contribution is -0.148. The van der Waals surface area contributed by atoms with E-state index in [1.165, 1.54) is 7.11 Å². The molecule has 1 aliphatic rings. The van der Waals surface area contributed by atoms with Gasteiger partial charge in [-0.3, -0.25) is 4.79 Å². The van der Waals surface area contributed by atoms with Crippen molar-refractivity contribution < 1.29 is 18.7 Å². The second-order valence-electron chi connectivity index (χ2n) is 6.70. The number of carbonyl (C=O) groups is 2. The third-order valence-corrected chi connectivity index (χ3v) is 4.91. The van der Waals surface area contributed by atoms with Gasteiger partial charge in [-0.2, -0.15) is 0 Å². The molecule has 0 unspecified atom stereocenters. The van der Waals surface area contributed by atoms with Gasteiger partial charge in [0.05, 0.1) is 19.1 Å². The number of piperidine rings is 1. The van der Waals surface area contributed by atoms with Gasteiger partial charge < -0.3 is 19.4 Å². The van der Waals surface area contributed by atoms with E-state index in [1.54, 1.807) is 4.90 Å². The number of para-hydroxylation sites is 1. The standard InChI is InChI=1S/C19H24N2O4/c1-12-11-21(9-8-15(12)18(22)24-3)19(23)20-13(2)17-10-14-6-4-5-7-16(14)25-17/h4-7,10,12-13,15H,8-9,11H2,1-3H3,(H,20,23)/t12-,13-,15-/m1/s1. The number of hydrogen-bond donors (Lipinski definition) is 1. The topological polar surface area (TPSA) is 71.8 Å². The van der Waals surface area contributed by atoms with Crippen LogP contribution in [0.3, 0.4) is 0 Å². The van der Waals surface area contributed by atoms with E-state index < -0.39 is 0 Å². The van der Waals surface area contributed by atoms with Gasteiger partial charge in [0.25, 0.3) is 0 Å². The number of carbonyl (C=O) groups excluding carboxylic acids is 2. The maximum atomic E-state index is 12.5. The maximum Gasteiger partial charge on any atom is 0.317 e. The number of methoxy groups -OCH3 is 1. The SMILES string of the molecule is COC(=O)[C@@H]1CCN(C(=O)N[C@H](C)c2cc3ccccc3o2)C[C@H]1C. The number of urea groups is 1. The first-order valence-corrected chi connectivity index (χ1v) is 8.61. The molecule has 0 saturated carbocycles. The number of benzene rings is 1. The van der Waals surface area contributed by atoms with Crippen LogP contribution in [0, 0.1) is 11.8 Å². The van der Waals surface area contributed by atoms with Crippen molar-refractivity contribution in [3.8, 4) is 0 Å². The molecule has 6 heteroatoms. The molecular formula is C19H24N2O4. The van der Waals surface area contributed by atoms with E-state index >= 15 is 0 Å². The number of hydrogen-bond acceptors (Lipinski definition) is 4. The average Bonchev–Trinajstić information content (AvgIpc) is 3.05. The fraction of sp³-hybridized carbons (Fsp3) is 0.474. The lowest BCUT2D eigenvalue weighted by Gasteiger charge is -2.35. The number of amides is 2. The minimum absolute atomic E-state index is 0.0773. The van der Waals surface area contributed by atoms with Crippen LogP contribution >= 0.6 is 0 Å². The molecule has 0 bridgehead atoms. The average molecular weight is 344 g/mol. The fourth-order valence-corrected chi connectivity index (χ4v) is 3.40. The minimum Gasteiger partial charge on any atom is -0.469 e. The highest BCUT2D eigenvalue weighted by Gasteiger charge is 2.34. The van der Waals surface area contributed by atoms with Gasteiger partial charge in [0.1, 0.15) is 11.3 Å². The Kier molecular flexibility index (Phi) is 4.97. The molecule has 134 valence electrons. The van der Waals surface area contributed by atoms with Gasteiger partial charge in [-0.25, -0.2) is 4.79 Å². The Hall–Kier alpha value is -2.50. The number of nitrogens with zero attached hydrogens (tertiary/aromatic N) is 1. The van der Waals surface area contributed by atoms with E-state index in [-0.39, 0.29) is 29.9 Å². The summed E-state index contributed by atoms with van der Waals surface area (Å²) < 4.78 is 10.6. The monoisotopic (exact) mass is 344 g/mol. The number of furan rings is 1. The number of esters is 1. The second kappa shape index (κ2) is 7.17. The molecule has 2 heterocycles. The highest BCUT2D eigenvalue weighted by molar-refractivity contribution is 5.79. The summed E-state index contributed by atoms with van der Waals surface area (Å²) in [6, 6.07) is 9.36. The molecule has 6 nitrogen and oxygen atoms in total. The summed E-state index contributed by atoms with van der Waals surface area (Å²) in [6.07, 6.45) is 0.625. The molecule has 1 aliphatic heterocycles. The van der Waals surface area contributed by atoms with E-state index in [9.17, 15) is 9.59 Å². The van der Waals surface area contributed by atoms with Crippen molar-refractivity contribution in [1.82, 2.24) is 10.2 Å². The van der Waals surface area contributed by atoms with Crippen molar-refractivity contribution in [3.63, 3.8) is 0 Å². The first kappa shape index (κ1) is 17.3. The number of rotatable bonds is 3. The third-order valence-electron chi connectivity index (χ3n) is 4.91. The van der Waals surface area contributed by atoms with E-state index in [2.05, 4.69) is 5.32 Å². The van der Waals surface area contributed by atoms with E-state index in [0.29, 0.717) is 19.5 Å². The first-order chi connectivity index (χ1) is 12.0. The zero-order valence-electron chi connectivity index (χ0n) is 14.8. The normalized spacial score (nSPS) is 21.8. The Morgan fingerprint density at radius 2 is 2.12 bits per heavy atom. The Bertz CT molecular complexity index is 737. The predicted octanol–water partition coefficient (Wildman–Crippen LogP) is 3.33. The molecule has 1 N–H and O–H groups in total. The van der Waals surface area contributed by atoms with Gasteiger partial charge in [-0.05, 0) is 31.4 Å². The predicted molar refractivity (Wildman–Crippen MR) is 94.0 cm³/mol. The molecule has 1 aromatic carbocycles. The summed E-state index contributed by atoms with van der Waals surface area (Å²) >= 11 is 0. The first-order valence-electron chi connectivity index (χ1n) is 8.61. The molecule has 0 spiro atoms. The molecule has 1 saturated heterocycles. The smallest absolute Gasteiger partial charge is 0.317 e. The largest absolute Gasteiger partial charge is 0.469 e. The van der Waals surface area contributed by atoms with Crippen LogP contribution in [0.1, 0.15) is 32.1 Å². The second-order valence-corrected chi connectivity index (χ2v) is 6.70. The Morgan fingerprint density at radius 3 is 2.80 bits per heavy atom. The summed E-state index contributed by atoms with van der Waals surface area (Å²) in [4.78, 5) is 26.0. The number of nitrogens with one attached hydrogen (secondary N) is 1. The Morgan fingerprint density at radius 1 is 1.36 bits per heavy atom. The Labute approximate surface area is 147 Å². The summed E-state index contributed by atoms with van der Waals surface area (Å²) in [6.45, 7) is 4.96. The zero-order valence-corrected chi connectivity index (χ0v) is 14.8. The zero-order chi connectivity index (χ0) is 18.0. The van der Waals surface area contributed by atoms with Gasteiger partial charge in [-0.1, -0.05) is 25.1 Å². The molecule has 0 aliphatic carbocycles. The molecule has 25 heavy (non-hydrogen) atoms. The molecule has 2 amide bonds. The lowest BCUT2D eigenvalue weighted by atomic mass is 9.87. The highest BCUT2D eigenvalue weighted by Crippen LogP contribution is 2.26. The van der Waals surface area contributed by atoms with Gasteiger partial charge >= 0.3 is 12.0 Å². The van der Waals surface area contributed by atoms with E-state index in [4.69, 9.17) is 9.15 Å². The van der Waals surface area contributed by atoms with Gasteiger partial charge in [0.2, 0.25) is 0 Å². The van der Waals surface area contributed by atoms with Crippen molar-refractivity contribution >= 4 is 23.0 Å². The van der Waals surface area contributed by atoms with Crippen LogP contribution in [-0.4, -0.2) is 37.1 Å². The molecule has 2 aromatic rings. The molecule has 1 fully saturated rings. The van der Waals surface area contributed by atoms with Crippen molar-refractivity contribution in [2.24, 2.45) is 11.8 Å². The van der Waals surface area contributed by atoms with Crippen molar-refractivity contribution in [2.75, 3.05) is 20.2 Å². The minimum atomic E-state index is -0.228. The fourth-order valence-electron chi connectivity index (χ4n) is 3.40. The van der Waals surface area contributed by atoms with Crippen LogP contribution in [0.4, 0.5) is 4.79 Å². The van der Waals surface area contributed by atoms with Crippen LogP contribution in [0.25, 0.3) is 11.0 Å². The van der Waals surface area contributed by atoms with Crippen LogP contribution in [0.15, 0.2) is 34.7 Å². The van der Waals surface area contributed by atoms with Crippen LogP contribution in [-0.2, 0) is 9.53 Å². The van der Waals surface area contributed by atoms with Gasteiger partial charge in [-0.15, -0.1) is 0 Å². The van der Waals surface area contributed by atoms with Crippen LogP contribution in [0.5, 0.6) is 0 Å². The summed E-state index contributed by atoms with van der Waals surface area (Å²) in [5, 5.41) is 4.00. The summed E-state index contributed by atoms with van der Waals surface area (Å²) in [5.41, 5.74) is 0.811. The molecular weight excluding hydrogens is 320 g/mol. The molecule has 3 rings (SSSR count). The third kappa shape index (κ3) is 3.62. The summed E-state index contributed by atoms with van der Waals surface area (Å²) in [5.74, 6) is 0.477. The maximum absolute atomic E-state index is 12.5. The molecule has 1 aromatic heterocycles. The molecule has 3 atom stereocenters. The number of likely N-dealkylation sites (tertiary alicyclic amines) is 1. The molecule has 0 radical (unpaired) electrons. The van der Waals surface area contributed by atoms with Crippen molar-refractivity contribution in [1.29, 1.82) is 0 Å². The van der Waals surface area contributed by atoms with Crippen molar-refractivity contribution in [3.05, 3.63) is 36.1 Å². The van der Waals surface area contributed by atoms with Crippen LogP contribution in [0.2, 0.25) is 0 Å². The van der Waals surface area contributed by atoms with E-state index in [0.717, 1.165) is 16.7 Å². The quantitative estimate of drug-likeness (QED) is 0.867. The number of fused-ring (bicyclic) bond motifs is 1. The van der Waals surface area contributed by atoms with E-state index in [1.807, 2.05) is 44.2 Å². The summed E-state index contributed by atoms with van der Waals surface area (Å²) in [7, 11) is 1.41. The van der Waals surface area contributed by atoms with Crippen molar-refractivity contribution in [2.45, 2.75) is 26.3 Å². The lowest BCUT2D eigenvalue weighted by Crippen LogP contribution is -2.49. The Balaban J connectivity index is 1.61.